The molecule has 1 N–H and O–H groups in total. The highest BCUT2D eigenvalue weighted by atomic mass is 16.5. The number of carbonyl (C=O) groups is 2. The van der Waals surface area contributed by atoms with E-state index in [4.69, 9.17) is 9.84 Å². The molecule has 0 aromatic heterocycles. The molecule has 0 heterocycles. The van der Waals surface area contributed by atoms with Crippen molar-refractivity contribution < 1.29 is 19.4 Å². The Bertz CT molecular complexity index is 734. The topological polar surface area (TPSA) is 63.6 Å². The van der Waals surface area contributed by atoms with Gasteiger partial charge in [-0.3, -0.25) is 9.59 Å². The van der Waals surface area contributed by atoms with E-state index < -0.39 is 5.97 Å². The van der Waals surface area contributed by atoms with Crippen molar-refractivity contribution in [2.45, 2.75) is 187 Å². The van der Waals surface area contributed by atoms with Crippen LogP contribution in [-0.2, 0) is 14.3 Å². The highest BCUT2D eigenvalue weighted by Gasteiger charge is 2.14. The number of allylic oxidation sites excluding steroid dienone is 8. The minimum Gasteiger partial charge on any atom is -0.481 e. The molecular formula is C39H68O4. The summed E-state index contributed by atoms with van der Waals surface area (Å²) in [6, 6.07) is 0. The minimum absolute atomic E-state index is 0.0232. The first kappa shape index (κ1) is 40.9. The van der Waals surface area contributed by atoms with Crippen molar-refractivity contribution in [1.29, 1.82) is 0 Å². The van der Waals surface area contributed by atoms with Crippen LogP contribution in [0.1, 0.15) is 181 Å². The summed E-state index contributed by atoms with van der Waals surface area (Å²) in [5.41, 5.74) is 0. The number of unbranched alkanes of at least 4 members (excludes halogenated alkanes) is 15. The Hall–Kier alpha value is -2.10. The van der Waals surface area contributed by atoms with Gasteiger partial charge in [-0.15, -0.1) is 0 Å². The SMILES string of the molecule is CCCCC/C=C\C/C=C\C/C=C\C/C=C\CCCCCC(=O)OC(CCCCCCC)CCCCCCCCC(=O)O. The molecule has 4 nitrogen and oxygen atoms in total. The van der Waals surface area contributed by atoms with E-state index in [0.29, 0.717) is 6.42 Å². The Kier molecular flexibility index (Phi) is 32.7. The molecule has 0 radical (unpaired) electrons. The van der Waals surface area contributed by atoms with Crippen molar-refractivity contribution in [3.05, 3.63) is 48.6 Å². The van der Waals surface area contributed by atoms with Gasteiger partial charge in [0.2, 0.25) is 0 Å². The molecule has 0 fully saturated rings. The standard InChI is InChI=1S/C39H68O4/c1-3-5-7-9-10-11-12-13-14-15-16-17-18-19-20-21-22-28-32-36-39(42)43-37(33-29-25-8-6-4-2)34-30-26-23-24-27-31-35-38(40)41/h10-11,13-14,16-17,19-20,37H,3-9,12,15,18,21-36H2,1-2H3,(H,40,41)/b11-10-,14-13-,17-16-,20-19-. The van der Waals surface area contributed by atoms with Crippen LogP contribution in [0.25, 0.3) is 0 Å². The maximum Gasteiger partial charge on any atom is 0.306 e. The Morgan fingerprint density at radius 1 is 0.512 bits per heavy atom. The van der Waals surface area contributed by atoms with Gasteiger partial charge < -0.3 is 9.84 Å². The summed E-state index contributed by atoms with van der Waals surface area (Å²) < 4.78 is 5.93. The molecule has 248 valence electrons. The number of carbonyl (C=O) groups excluding carboxylic acids is 1. The number of aliphatic carboxylic acids is 1. The lowest BCUT2D eigenvalue weighted by atomic mass is 10.0. The summed E-state index contributed by atoms with van der Waals surface area (Å²) in [7, 11) is 0. The van der Waals surface area contributed by atoms with Crippen molar-refractivity contribution >= 4 is 11.9 Å². The van der Waals surface area contributed by atoms with Gasteiger partial charge in [-0.1, -0.05) is 133 Å². The van der Waals surface area contributed by atoms with Crippen molar-refractivity contribution in [3.8, 4) is 0 Å². The number of hydrogen-bond donors (Lipinski definition) is 1. The lowest BCUT2D eigenvalue weighted by Gasteiger charge is -2.18. The molecule has 1 atom stereocenters. The predicted octanol–water partition coefficient (Wildman–Crippen LogP) is 12.4. The first-order valence-corrected chi connectivity index (χ1v) is 18.1. The third-order valence-corrected chi connectivity index (χ3v) is 7.80. The van der Waals surface area contributed by atoms with Crippen LogP contribution < -0.4 is 0 Å². The van der Waals surface area contributed by atoms with E-state index in [2.05, 4.69) is 62.5 Å². The molecule has 1 unspecified atom stereocenters. The van der Waals surface area contributed by atoms with Crippen molar-refractivity contribution in [3.63, 3.8) is 0 Å². The van der Waals surface area contributed by atoms with E-state index in [1.165, 1.54) is 51.4 Å². The lowest BCUT2D eigenvalue weighted by Crippen LogP contribution is -2.18. The van der Waals surface area contributed by atoms with Crippen LogP contribution in [0.5, 0.6) is 0 Å². The second-order valence-corrected chi connectivity index (χ2v) is 12.1. The zero-order chi connectivity index (χ0) is 31.5. The van der Waals surface area contributed by atoms with Crippen LogP contribution in [0.15, 0.2) is 48.6 Å². The maximum absolute atomic E-state index is 12.5. The van der Waals surface area contributed by atoms with Crippen molar-refractivity contribution in [2.75, 3.05) is 0 Å². The van der Waals surface area contributed by atoms with Gasteiger partial charge in [-0.05, 0) is 83.5 Å². The van der Waals surface area contributed by atoms with Crippen molar-refractivity contribution in [2.24, 2.45) is 0 Å². The molecule has 0 amide bonds. The molecule has 0 bridgehead atoms. The molecule has 4 heteroatoms. The van der Waals surface area contributed by atoms with Crippen LogP contribution in [0.3, 0.4) is 0 Å². The predicted molar refractivity (Wildman–Crippen MR) is 185 cm³/mol. The Morgan fingerprint density at radius 3 is 1.44 bits per heavy atom. The molecule has 0 aromatic carbocycles. The van der Waals surface area contributed by atoms with Crippen LogP contribution in [0.2, 0.25) is 0 Å². The van der Waals surface area contributed by atoms with E-state index in [-0.39, 0.29) is 18.5 Å². The summed E-state index contributed by atoms with van der Waals surface area (Å²) in [5.74, 6) is -0.722. The van der Waals surface area contributed by atoms with E-state index in [1.54, 1.807) is 0 Å². The fourth-order valence-corrected chi connectivity index (χ4v) is 5.11. The smallest absolute Gasteiger partial charge is 0.306 e. The Balaban J connectivity index is 3.95. The lowest BCUT2D eigenvalue weighted by molar-refractivity contribution is -0.150. The largest absolute Gasteiger partial charge is 0.481 e. The first-order chi connectivity index (χ1) is 21.1. The van der Waals surface area contributed by atoms with Crippen LogP contribution >= 0.6 is 0 Å². The van der Waals surface area contributed by atoms with Crippen molar-refractivity contribution in [1.82, 2.24) is 0 Å². The number of hydrogen-bond acceptors (Lipinski definition) is 3. The molecule has 0 aliphatic heterocycles. The van der Waals surface area contributed by atoms with Gasteiger partial charge in [-0.2, -0.15) is 0 Å². The average Bonchev–Trinajstić information content (AvgIpc) is 2.99. The molecule has 0 saturated carbocycles. The average molecular weight is 601 g/mol. The van der Waals surface area contributed by atoms with Gasteiger partial charge in [0.25, 0.3) is 0 Å². The zero-order valence-corrected chi connectivity index (χ0v) is 28.3. The third kappa shape index (κ3) is 34.3. The number of carboxylic acids is 1. The van der Waals surface area contributed by atoms with Crippen LogP contribution in [-0.4, -0.2) is 23.1 Å². The highest BCUT2D eigenvalue weighted by molar-refractivity contribution is 5.69. The second-order valence-electron chi connectivity index (χ2n) is 12.1. The molecule has 0 aromatic rings. The summed E-state index contributed by atoms with van der Waals surface area (Å²) in [6.07, 6.45) is 45.6. The van der Waals surface area contributed by atoms with Gasteiger partial charge >= 0.3 is 11.9 Å². The summed E-state index contributed by atoms with van der Waals surface area (Å²) >= 11 is 0. The Morgan fingerprint density at radius 2 is 0.907 bits per heavy atom. The molecule has 0 spiro atoms. The molecule has 0 saturated heterocycles. The van der Waals surface area contributed by atoms with E-state index in [1.807, 2.05) is 0 Å². The monoisotopic (exact) mass is 601 g/mol. The fraction of sp³-hybridized carbons (Fsp3) is 0.744. The van der Waals surface area contributed by atoms with Crippen LogP contribution in [0.4, 0.5) is 0 Å². The number of rotatable bonds is 32. The molecule has 0 aliphatic rings. The molecule has 0 rings (SSSR count). The van der Waals surface area contributed by atoms with E-state index >= 15 is 0 Å². The van der Waals surface area contributed by atoms with E-state index in [0.717, 1.165) is 103 Å². The van der Waals surface area contributed by atoms with E-state index in [9.17, 15) is 9.59 Å². The highest BCUT2D eigenvalue weighted by Crippen LogP contribution is 2.18. The molecular weight excluding hydrogens is 532 g/mol. The molecule has 43 heavy (non-hydrogen) atoms. The molecule has 0 aliphatic carbocycles. The summed E-state index contributed by atoms with van der Waals surface area (Å²) in [5, 5.41) is 8.74. The third-order valence-electron chi connectivity index (χ3n) is 7.80. The number of carboxylic acid groups (broad SMARTS) is 1. The number of ether oxygens (including phenoxy) is 1. The van der Waals surface area contributed by atoms with Gasteiger partial charge in [0.15, 0.2) is 0 Å². The van der Waals surface area contributed by atoms with Gasteiger partial charge in [0.1, 0.15) is 6.10 Å². The minimum atomic E-state index is -0.699. The zero-order valence-electron chi connectivity index (χ0n) is 28.3. The summed E-state index contributed by atoms with van der Waals surface area (Å²) in [4.78, 5) is 23.1. The van der Waals surface area contributed by atoms with Crippen LogP contribution in [0, 0.1) is 0 Å². The summed E-state index contributed by atoms with van der Waals surface area (Å²) in [6.45, 7) is 4.48. The maximum atomic E-state index is 12.5. The number of esters is 1. The first-order valence-electron chi connectivity index (χ1n) is 18.1. The fourth-order valence-electron chi connectivity index (χ4n) is 5.11. The van der Waals surface area contributed by atoms with Gasteiger partial charge in [0, 0.05) is 12.8 Å². The normalized spacial score (nSPS) is 12.8. The van der Waals surface area contributed by atoms with Gasteiger partial charge in [0.05, 0.1) is 0 Å². The Labute approximate surface area is 266 Å². The second kappa shape index (κ2) is 34.4. The van der Waals surface area contributed by atoms with Gasteiger partial charge in [-0.25, -0.2) is 0 Å². The quantitative estimate of drug-likeness (QED) is 0.0474.